The molecule has 1 unspecified atom stereocenters. The summed E-state index contributed by atoms with van der Waals surface area (Å²) in [5.74, 6) is -0.218. The van der Waals surface area contributed by atoms with Gasteiger partial charge in [-0.1, -0.05) is 26.3 Å². The molecule has 0 saturated heterocycles. The largest absolute Gasteiger partial charge is 0.384 e. The summed E-state index contributed by atoms with van der Waals surface area (Å²) in [4.78, 5) is 25.1. The van der Waals surface area contributed by atoms with E-state index in [-0.39, 0.29) is 12.5 Å². The quantitative estimate of drug-likeness (QED) is 0.550. The Balaban J connectivity index is 1.93. The predicted octanol–water partition coefficient (Wildman–Crippen LogP) is 3.74. The molecule has 1 aromatic heterocycles. The molecule has 0 aliphatic carbocycles. The van der Waals surface area contributed by atoms with Crippen molar-refractivity contribution in [1.82, 2.24) is 14.7 Å². The number of likely N-dealkylation sites (N-methyl/N-ethyl adjacent to an activating group) is 1. The number of primary amides is 1. The maximum atomic E-state index is 12.7. The lowest BCUT2D eigenvalue weighted by Gasteiger charge is -2.16. The van der Waals surface area contributed by atoms with E-state index < -0.39 is 5.91 Å². The van der Waals surface area contributed by atoms with Crippen molar-refractivity contribution < 1.29 is 9.59 Å². The van der Waals surface area contributed by atoms with Gasteiger partial charge in [-0.15, -0.1) is 0 Å². The molecule has 7 nitrogen and oxygen atoms in total. The van der Waals surface area contributed by atoms with Gasteiger partial charge in [0.05, 0.1) is 23.9 Å². The van der Waals surface area contributed by atoms with Crippen LogP contribution in [-0.2, 0) is 4.79 Å². The number of hydrogen-bond donors (Lipinski definition) is 2. The normalized spacial score (nSPS) is 12.0. The number of fused-ring (bicyclic) bond motifs is 1. The van der Waals surface area contributed by atoms with Gasteiger partial charge in [-0.2, -0.15) is 5.10 Å². The lowest BCUT2D eigenvalue weighted by Crippen LogP contribution is -2.35. The zero-order valence-corrected chi connectivity index (χ0v) is 18.7. The Kier molecular flexibility index (Phi) is 6.95. The summed E-state index contributed by atoms with van der Waals surface area (Å²) < 4.78 is 1.84. The molecule has 164 valence electrons. The van der Waals surface area contributed by atoms with Gasteiger partial charge in [-0.05, 0) is 55.2 Å². The van der Waals surface area contributed by atoms with Crippen LogP contribution < -0.4 is 11.1 Å². The maximum absolute atomic E-state index is 12.7. The van der Waals surface area contributed by atoms with Crippen LogP contribution in [-0.4, -0.2) is 46.6 Å². The van der Waals surface area contributed by atoms with Crippen molar-refractivity contribution in [2.45, 2.75) is 33.6 Å². The molecule has 0 aliphatic rings. The summed E-state index contributed by atoms with van der Waals surface area (Å²) in [5.41, 5.74) is 9.64. The highest BCUT2D eigenvalue weighted by Crippen LogP contribution is 2.28. The van der Waals surface area contributed by atoms with Crippen LogP contribution in [0.5, 0.6) is 0 Å². The van der Waals surface area contributed by atoms with Crippen molar-refractivity contribution >= 4 is 28.4 Å². The van der Waals surface area contributed by atoms with Gasteiger partial charge in [0.25, 0.3) is 5.91 Å². The van der Waals surface area contributed by atoms with Crippen molar-refractivity contribution in [2.24, 2.45) is 11.7 Å². The lowest BCUT2D eigenvalue weighted by atomic mass is 10.1. The third-order valence-corrected chi connectivity index (χ3v) is 5.33. The zero-order valence-electron chi connectivity index (χ0n) is 18.7. The standard InChI is InChI=1S/C24H31N5O2/c1-5-7-16(2)13-26-21-10-17(3)11-22-20(21)14-27-29(22)19-9-6-8-18(12-19)24(31)28(4)15-23(25)30/h6,8-12,14,16,26H,5,7,13,15H2,1-4H3,(H2,25,30). The number of benzene rings is 2. The molecule has 7 heteroatoms. The molecular weight excluding hydrogens is 390 g/mol. The fourth-order valence-electron chi connectivity index (χ4n) is 3.79. The molecule has 0 spiro atoms. The number of anilines is 1. The number of rotatable bonds is 9. The smallest absolute Gasteiger partial charge is 0.254 e. The number of nitrogens with zero attached hydrogens (tertiary/aromatic N) is 3. The van der Waals surface area contributed by atoms with Gasteiger partial charge in [0.15, 0.2) is 0 Å². The molecule has 1 atom stereocenters. The molecular formula is C24H31N5O2. The molecule has 31 heavy (non-hydrogen) atoms. The SMILES string of the molecule is CCCC(C)CNc1cc(C)cc2c1cnn2-c1cccc(C(=O)N(C)CC(N)=O)c1. The first-order valence-corrected chi connectivity index (χ1v) is 10.7. The minimum Gasteiger partial charge on any atom is -0.384 e. The first kappa shape index (κ1) is 22.3. The first-order valence-electron chi connectivity index (χ1n) is 10.7. The molecule has 2 aromatic carbocycles. The highest BCUT2D eigenvalue weighted by atomic mass is 16.2. The second-order valence-corrected chi connectivity index (χ2v) is 8.25. The van der Waals surface area contributed by atoms with Crippen LogP contribution in [0.2, 0.25) is 0 Å². The second kappa shape index (κ2) is 9.64. The number of carbonyl (C=O) groups is 2. The lowest BCUT2D eigenvalue weighted by molar-refractivity contribution is -0.118. The molecule has 0 saturated carbocycles. The Morgan fingerprint density at radius 1 is 1.26 bits per heavy atom. The summed E-state index contributed by atoms with van der Waals surface area (Å²) >= 11 is 0. The Bertz CT molecular complexity index is 1090. The molecule has 0 bridgehead atoms. The van der Waals surface area contributed by atoms with Gasteiger partial charge in [-0.3, -0.25) is 9.59 Å². The van der Waals surface area contributed by atoms with Crippen LogP contribution in [0.15, 0.2) is 42.6 Å². The summed E-state index contributed by atoms with van der Waals surface area (Å²) in [6.45, 7) is 7.31. The summed E-state index contributed by atoms with van der Waals surface area (Å²) in [7, 11) is 1.56. The number of aromatic nitrogens is 2. The Hall–Kier alpha value is -3.35. The summed E-state index contributed by atoms with van der Waals surface area (Å²) in [5, 5.41) is 9.22. The van der Waals surface area contributed by atoms with Gasteiger partial charge in [0, 0.05) is 30.2 Å². The van der Waals surface area contributed by atoms with Crippen molar-refractivity contribution in [1.29, 1.82) is 0 Å². The Morgan fingerprint density at radius 2 is 2.03 bits per heavy atom. The van der Waals surface area contributed by atoms with E-state index in [1.54, 1.807) is 19.2 Å². The first-order chi connectivity index (χ1) is 14.8. The molecule has 2 amide bonds. The van der Waals surface area contributed by atoms with Crippen LogP contribution in [0.1, 0.15) is 42.6 Å². The minimum absolute atomic E-state index is 0.127. The number of amides is 2. The zero-order chi connectivity index (χ0) is 22.5. The molecule has 3 aromatic rings. The average molecular weight is 422 g/mol. The molecule has 0 radical (unpaired) electrons. The van der Waals surface area contributed by atoms with Crippen LogP contribution in [0.25, 0.3) is 16.6 Å². The van der Waals surface area contributed by atoms with E-state index in [0.29, 0.717) is 11.5 Å². The Labute approximate surface area is 183 Å². The summed E-state index contributed by atoms with van der Waals surface area (Å²) in [6.07, 6.45) is 4.22. The van der Waals surface area contributed by atoms with E-state index in [2.05, 4.69) is 43.3 Å². The molecule has 0 aliphatic heterocycles. The van der Waals surface area contributed by atoms with E-state index in [0.717, 1.165) is 34.4 Å². The maximum Gasteiger partial charge on any atom is 0.254 e. The van der Waals surface area contributed by atoms with E-state index in [1.807, 2.05) is 23.0 Å². The van der Waals surface area contributed by atoms with Crippen molar-refractivity contribution in [2.75, 3.05) is 25.5 Å². The van der Waals surface area contributed by atoms with E-state index in [9.17, 15) is 9.59 Å². The highest BCUT2D eigenvalue weighted by molar-refractivity contribution is 5.97. The number of hydrogen-bond acceptors (Lipinski definition) is 4. The second-order valence-electron chi connectivity index (χ2n) is 8.25. The number of nitrogens with one attached hydrogen (secondary N) is 1. The highest BCUT2D eigenvalue weighted by Gasteiger charge is 2.16. The minimum atomic E-state index is -0.547. The van der Waals surface area contributed by atoms with Gasteiger partial charge < -0.3 is 16.0 Å². The van der Waals surface area contributed by atoms with Crippen LogP contribution in [0.3, 0.4) is 0 Å². The predicted molar refractivity (Wildman–Crippen MR) is 125 cm³/mol. The average Bonchev–Trinajstić information content (AvgIpc) is 3.15. The Morgan fingerprint density at radius 3 is 2.74 bits per heavy atom. The van der Waals surface area contributed by atoms with Crippen molar-refractivity contribution in [3.05, 3.63) is 53.7 Å². The van der Waals surface area contributed by atoms with E-state index in [4.69, 9.17) is 5.73 Å². The molecule has 3 rings (SSSR count). The van der Waals surface area contributed by atoms with Crippen LogP contribution >= 0.6 is 0 Å². The molecule has 0 fully saturated rings. The summed E-state index contributed by atoms with van der Waals surface area (Å²) in [6, 6.07) is 11.5. The third-order valence-electron chi connectivity index (χ3n) is 5.33. The van der Waals surface area contributed by atoms with Gasteiger partial charge >= 0.3 is 0 Å². The third kappa shape index (κ3) is 5.23. The molecule has 1 heterocycles. The number of nitrogens with two attached hydrogens (primary N) is 1. The fraction of sp³-hybridized carbons (Fsp3) is 0.375. The van der Waals surface area contributed by atoms with Gasteiger partial charge in [0.2, 0.25) is 5.91 Å². The number of aryl methyl sites for hydroxylation is 1. The fourth-order valence-corrected chi connectivity index (χ4v) is 3.79. The monoisotopic (exact) mass is 421 g/mol. The number of carbonyl (C=O) groups excluding carboxylic acids is 2. The van der Waals surface area contributed by atoms with Gasteiger partial charge in [0.1, 0.15) is 0 Å². The van der Waals surface area contributed by atoms with Crippen molar-refractivity contribution in [3.8, 4) is 5.69 Å². The van der Waals surface area contributed by atoms with Crippen LogP contribution in [0.4, 0.5) is 5.69 Å². The topological polar surface area (TPSA) is 93.2 Å². The van der Waals surface area contributed by atoms with E-state index >= 15 is 0 Å². The van der Waals surface area contributed by atoms with Crippen LogP contribution in [0, 0.1) is 12.8 Å². The molecule has 3 N–H and O–H groups in total. The van der Waals surface area contributed by atoms with Gasteiger partial charge in [-0.25, -0.2) is 4.68 Å². The van der Waals surface area contributed by atoms with E-state index in [1.165, 1.54) is 17.7 Å². The van der Waals surface area contributed by atoms with Crippen molar-refractivity contribution in [3.63, 3.8) is 0 Å².